The number of aliphatic carboxylic acids is 4. The van der Waals surface area contributed by atoms with E-state index in [1.165, 1.54) is 4.90 Å². The number of unbranched alkanes of at least 4 members (excludes halogenated alkanes) is 1. The maximum absolute atomic E-state index is 15.2. The number of aromatic amines is 2. The molecule has 0 unspecified atom stereocenters. The number of aliphatic hydroxyl groups is 2. The smallest absolute Gasteiger partial charge is 0.327 e. The molecule has 2 aromatic carbocycles. The van der Waals surface area contributed by atoms with Crippen LogP contribution >= 0.6 is 12.6 Å². The molecule has 1 aliphatic rings. The summed E-state index contributed by atoms with van der Waals surface area (Å²) in [7, 11) is 0. The number of benzene rings is 2. The molecule has 4 aromatic rings. The van der Waals surface area contributed by atoms with Gasteiger partial charge in [0.1, 0.15) is 84.6 Å². The van der Waals surface area contributed by atoms with Gasteiger partial charge in [-0.2, -0.15) is 12.6 Å². The topological polar surface area (TPSA) is 672 Å². The Morgan fingerprint density at radius 1 is 0.444 bits per heavy atom. The minimum absolute atomic E-state index is 0.0327. The van der Waals surface area contributed by atoms with Gasteiger partial charge in [0.25, 0.3) is 0 Å². The molecule has 0 saturated carbocycles. The first-order valence-corrected chi connectivity index (χ1v) is 42.7. The zero-order valence-electron chi connectivity index (χ0n) is 72.3. The van der Waals surface area contributed by atoms with Gasteiger partial charge in [-0.05, 0) is 133 Å². The first-order chi connectivity index (χ1) is 59.4. The van der Waals surface area contributed by atoms with Crippen molar-refractivity contribution < 1.29 is 117 Å². The van der Waals surface area contributed by atoms with Crippen LogP contribution in [0, 0.1) is 17.8 Å². The maximum atomic E-state index is 15.2. The summed E-state index contributed by atoms with van der Waals surface area (Å²) in [5.74, 6) is -21.5. The second kappa shape index (κ2) is 51.0. The van der Waals surface area contributed by atoms with E-state index in [1.54, 1.807) is 84.3 Å². The second-order valence-electron chi connectivity index (χ2n) is 32.6. The predicted molar refractivity (Wildman–Crippen MR) is 460 cm³/mol. The summed E-state index contributed by atoms with van der Waals surface area (Å²) in [5, 5.41) is 93.9. The van der Waals surface area contributed by atoms with Gasteiger partial charge in [-0.3, -0.25) is 81.5 Å². The number of hydrogen-bond acceptors (Lipinski definition) is 23. The lowest BCUT2D eigenvalue weighted by Crippen LogP contribution is -2.62. The first-order valence-electron chi connectivity index (χ1n) is 42.1. The van der Waals surface area contributed by atoms with Crippen LogP contribution in [-0.4, -0.2) is 274 Å². The lowest BCUT2D eigenvalue weighted by Gasteiger charge is -2.33. The number of thiol groups is 1. The summed E-state index contributed by atoms with van der Waals surface area (Å²) in [6.45, 7) is 15.1. The molecule has 2 aromatic heterocycles. The molecular weight excluding hydrogens is 1670 g/mol. The van der Waals surface area contributed by atoms with Crippen LogP contribution in [-0.2, 0) is 99.1 Å². The molecule has 42 nitrogen and oxygen atoms in total. The molecule has 0 spiro atoms. The standard InChI is InChI=1S/C83H124N18O24S/c1-11-42(6)66(82(123)101-32-18-24-62(101)79(120)96-58(34-41(4)5)77(118)99-67(45(9)102)80(121)89-44(8)70(111)90-54(25-28-63(104)105)72(113)88-43(7)69(110)91-55(26-29-64(106)107)74(115)97-61(39-126)83(124)125)98-78(119)60(36-48-38-87-53-23-15-13-20-50(48)53)95-73(114)56(27-30-65(108)109)92-81(122)68(46(10)103)100-76(117)57(33-40(2)3)94-75(116)59(93-71(112)51(85)21-16-17-31-84)35-47-37-86-52-22-14-12-19-49(47)52/h12-15,19-20,22-23,37-38,40-46,51,54-62,66-68,86-87,102-103,126H,11,16-18,21,24-36,39,84-85H2,1-10H3,(H,88,113)(H,89,121)(H,90,111)(H,91,110)(H,92,122)(H,93,112)(H,94,116)(H,95,114)(H,96,120)(H,97,115)(H,98,119)(H,99,118)(H,100,117)(H,104,105)(H,106,107)(H,108,109)(H,124,125)/t42-,43-,44-,45+,46+,51-,54-,55-,56-,57-,58-,59-,60-,61-,62-,66-,67-,68-/m0/s1. The van der Waals surface area contributed by atoms with Crippen LogP contribution in [0.15, 0.2) is 60.9 Å². The number of carboxylic acids is 4. The van der Waals surface area contributed by atoms with Gasteiger partial charge in [-0.15, -0.1) is 0 Å². The van der Waals surface area contributed by atoms with Crippen LogP contribution in [0.2, 0.25) is 0 Å². The number of fused-ring (bicyclic) bond motifs is 2. The molecule has 1 saturated heterocycles. The zero-order valence-corrected chi connectivity index (χ0v) is 73.2. The van der Waals surface area contributed by atoms with Crippen molar-refractivity contribution in [1.29, 1.82) is 0 Å². The maximum Gasteiger partial charge on any atom is 0.327 e. The van der Waals surface area contributed by atoms with Crippen LogP contribution in [0.1, 0.15) is 170 Å². The van der Waals surface area contributed by atoms with E-state index < -0.39 is 254 Å². The van der Waals surface area contributed by atoms with E-state index >= 15 is 9.59 Å². The third-order valence-electron chi connectivity index (χ3n) is 21.3. The molecule has 5 rings (SSSR count). The monoisotopic (exact) mass is 1790 g/mol. The Morgan fingerprint density at radius 2 is 0.810 bits per heavy atom. The molecule has 0 bridgehead atoms. The number of H-pyrrole nitrogens is 2. The lowest BCUT2D eigenvalue weighted by molar-refractivity contribution is -0.144. The van der Waals surface area contributed by atoms with Gasteiger partial charge < -0.3 is 126 Å². The van der Waals surface area contributed by atoms with E-state index in [-0.39, 0.29) is 75.5 Å². The lowest BCUT2D eigenvalue weighted by atomic mass is 9.96. The second-order valence-corrected chi connectivity index (χ2v) is 32.9. The number of nitrogens with two attached hydrogens (primary N) is 2. The van der Waals surface area contributed by atoms with Crippen molar-refractivity contribution in [2.45, 2.75) is 275 Å². The quantitative estimate of drug-likeness (QED) is 0.0164. The fraction of sp³-hybridized carbons (Fsp3) is 0.590. The molecule has 0 aliphatic carbocycles. The molecule has 1 aliphatic heterocycles. The average molecular weight is 1790 g/mol. The highest BCUT2D eigenvalue weighted by Crippen LogP contribution is 2.26. The van der Waals surface area contributed by atoms with Crippen molar-refractivity contribution in [2.75, 3.05) is 18.8 Å². The highest BCUT2D eigenvalue weighted by Gasteiger charge is 2.44. The molecule has 18 atom stereocenters. The van der Waals surface area contributed by atoms with E-state index in [4.69, 9.17) is 11.5 Å². The highest BCUT2D eigenvalue weighted by molar-refractivity contribution is 7.80. The Morgan fingerprint density at radius 3 is 1.23 bits per heavy atom. The Hall–Kier alpha value is -11.8. The molecule has 696 valence electrons. The highest BCUT2D eigenvalue weighted by atomic mass is 32.1. The summed E-state index contributed by atoms with van der Waals surface area (Å²) < 4.78 is 0. The first kappa shape index (κ1) is 105. The Labute approximate surface area is 733 Å². The predicted octanol–water partition coefficient (Wildman–Crippen LogP) is -2.27. The Balaban J connectivity index is 1.35. The average Bonchev–Trinajstić information content (AvgIpc) is 1.65. The van der Waals surface area contributed by atoms with Crippen molar-refractivity contribution in [3.63, 3.8) is 0 Å². The van der Waals surface area contributed by atoms with Crippen LogP contribution < -0.4 is 80.6 Å². The summed E-state index contributed by atoms with van der Waals surface area (Å²) in [5.41, 5.74) is 14.4. The molecule has 0 radical (unpaired) electrons. The van der Waals surface area contributed by atoms with E-state index in [0.717, 1.165) is 38.6 Å². The number of carbonyl (C=O) groups is 18. The summed E-state index contributed by atoms with van der Waals surface area (Å²) in [4.78, 5) is 254. The summed E-state index contributed by atoms with van der Waals surface area (Å²) in [6, 6.07) is -9.10. The number of carbonyl (C=O) groups excluding carboxylic acids is 14. The molecule has 1 fully saturated rings. The molecule has 14 amide bonds. The van der Waals surface area contributed by atoms with Crippen molar-refractivity contribution in [3.8, 4) is 0 Å². The minimum Gasteiger partial charge on any atom is -0.481 e. The number of amides is 14. The van der Waals surface area contributed by atoms with Gasteiger partial charge in [-0.1, -0.05) is 90.8 Å². The zero-order chi connectivity index (χ0) is 94.1. The number of nitrogens with zero attached hydrogens (tertiary/aromatic N) is 1. The number of hydrogen-bond donors (Lipinski definition) is 24. The number of nitrogens with one attached hydrogen (secondary N) is 15. The molecule has 3 heterocycles. The summed E-state index contributed by atoms with van der Waals surface area (Å²) >= 11 is 3.87. The normalized spacial score (nSPS) is 16.7. The Kier molecular flexibility index (Phi) is 42.3. The fourth-order valence-electron chi connectivity index (χ4n) is 14.0. The van der Waals surface area contributed by atoms with Crippen molar-refractivity contribution in [3.05, 3.63) is 72.1 Å². The minimum atomic E-state index is -1.89. The van der Waals surface area contributed by atoms with Crippen LogP contribution in [0.25, 0.3) is 21.8 Å². The SMILES string of the molecule is CC[C@H](C)[C@H](NC(=O)[C@H](Cc1c[nH]c2ccccc12)NC(=O)[C@H](CCC(=O)O)NC(=O)[C@@H](NC(=O)[C@H](CC(C)C)NC(=O)[C@H](Cc1c[nH]c2ccccc12)NC(=O)[C@@H](N)CCCCN)[C@@H](C)O)C(=O)N1CCC[C@H]1C(=O)N[C@@H](CC(C)C)C(=O)N[C@H](C(=O)N[C@@H](C)C(=O)N[C@@H](CCC(=O)O)C(=O)N[C@@H](C)C(=O)N[C@@H](CCC(=O)O)C(=O)N[C@@H](CS)C(=O)O)[C@@H](C)O. The number of rotatable bonds is 54. The van der Waals surface area contributed by atoms with Gasteiger partial charge in [0, 0.05) is 78.6 Å². The number of aliphatic hydroxyl groups excluding tert-OH is 2. The van der Waals surface area contributed by atoms with Crippen molar-refractivity contribution in [2.24, 2.45) is 29.2 Å². The van der Waals surface area contributed by atoms with Crippen LogP contribution in [0.3, 0.4) is 0 Å². The van der Waals surface area contributed by atoms with Crippen molar-refractivity contribution in [1.82, 2.24) is 84.0 Å². The molecular formula is C83H124N18O24S. The van der Waals surface area contributed by atoms with Crippen LogP contribution in [0.5, 0.6) is 0 Å². The molecule has 126 heavy (non-hydrogen) atoms. The van der Waals surface area contributed by atoms with Crippen LogP contribution in [0.4, 0.5) is 0 Å². The molecule has 43 heteroatoms. The van der Waals surface area contributed by atoms with E-state index in [9.17, 15) is 107 Å². The number of aromatic nitrogens is 2. The van der Waals surface area contributed by atoms with E-state index in [1.807, 2.05) is 18.2 Å². The van der Waals surface area contributed by atoms with Gasteiger partial charge in [0.15, 0.2) is 0 Å². The summed E-state index contributed by atoms with van der Waals surface area (Å²) in [6.07, 6.45) is -2.72. The molecule has 25 N–H and O–H groups in total. The van der Waals surface area contributed by atoms with Gasteiger partial charge in [0.05, 0.1) is 18.2 Å². The number of para-hydroxylation sites is 2. The van der Waals surface area contributed by atoms with Crippen molar-refractivity contribution >= 4 is 141 Å². The van der Waals surface area contributed by atoms with Gasteiger partial charge in [0.2, 0.25) is 82.7 Å². The van der Waals surface area contributed by atoms with E-state index in [0.29, 0.717) is 41.4 Å². The third kappa shape index (κ3) is 32.6. The number of likely N-dealkylation sites (tertiary alicyclic amines) is 1. The van der Waals surface area contributed by atoms with Gasteiger partial charge >= 0.3 is 23.9 Å². The van der Waals surface area contributed by atoms with E-state index in [2.05, 4.69) is 91.7 Å². The fourth-order valence-corrected chi connectivity index (χ4v) is 14.3. The van der Waals surface area contributed by atoms with Gasteiger partial charge in [-0.25, -0.2) is 4.79 Å². The Bertz CT molecular complexity index is 4480. The largest absolute Gasteiger partial charge is 0.481 e. The number of carboxylic acid groups (broad SMARTS) is 4. The third-order valence-corrected chi connectivity index (χ3v) is 21.7.